The van der Waals surface area contributed by atoms with Crippen molar-refractivity contribution in [1.82, 2.24) is 0 Å². The van der Waals surface area contributed by atoms with Crippen LogP contribution in [0, 0.1) is 0 Å². The largest absolute Gasteiger partial charge is 0.461 e. The monoisotopic (exact) mass is 281 g/mol. The Kier molecular flexibility index (Phi) is 5.10. The molecule has 1 aromatic carbocycles. The molecule has 1 atom stereocenters. The predicted octanol–water partition coefficient (Wildman–Crippen LogP) is 1.18. The summed E-state index contributed by atoms with van der Waals surface area (Å²) in [5.74, 6) is -4.11. The van der Waals surface area contributed by atoms with Crippen molar-refractivity contribution in [2.75, 3.05) is 25.6 Å². The SMILES string of the molecule is CCOC(=O)[C@](C)(O)OC(=O)c1cccc(N(C)C)c1. The molecule has 0 fully saturated rings. The first-order valence-corrected chi connectivity index (χ1v) is 6.18. The Morgan fingerprint density at radius 2 is 2.00 bits per heavy atom. The third-order valence-electron chi connectivity index (χ3n) is 2.54. The molecule has 0 spiro atoms. The Labute approximate surface area is 117 Å². The molecule has 0 amide bonds. The molecule has 20 heavy (non-hydrogen) atoms. The molecule has 6 nitrogen and oxygen atoms in total. The summed E-state index contributed by atoms with van der Waals surface area (Å²) in [5.41, 5.74) is 1.04. The third kappa shape index (κ3) is 3.96. The molecule has 0 saturated heterocycles. The summed E-state index contributed by atoms with van der Waals surface area (Å²) in [4.78, 5) is 25.2. The number of hydrogen-bond acceptors (Lipinski definition) is 6. The van der Waals surface area contributed by atoms with E-state index in [4.69, 9.17) is 4.74 Å². The Bertz CT molecular complexity index is 496. The lowest BCUT2D eigenvalue weighted by molar-refractivity contribution is -0.203. The second-order valence-corrected chi connectivity index (χ2v) is 4.54. The Balaban J connectivity index is 2.85. The third-order valence-corrected chi connectivity index (χ3v) is 2.54. The van der Waals surface area contributed by atoms with Crippen molar-refractivity contribution in [2.24, 2.45) is 0 Å². The highest BCUT2D eigenvalue weighted by Gasteiger charge is 2.37. The predicted molar refractivity (Wildman–Crippen MR) is 73.4 cm³/mol. The minimum atomic E-state index is -2.30. The standard InChI is InChI=1S/C14H19NO5/c1-5-19-13(17)14(2,18)20-12(16)10-7-6-8-11(9-10)15(3)4/h6-9,18H,5H2,1-4H3/t14-/m1/s1. The van der Waals surface area contributed by atoms with Crippen LogP contribution >= 0.6 is 0 Å². The highest BCUT2D eigenvalue weighted by Crippen LogP contribution is 2.17. The maximum Gasteiger partial charge on any atom is 0.379 e. The average molecular weight is 281 g/mol. The molecule has 0 aliphatic heterocycles. The number of anilines is 1. The summed E-state index contributed by atoms with van der Waals surface area (Å²) in [7, 11) is 3.67. The van der Waals surface area contributed by atoms with Gasteiger partial charge in [0.2, 0.25) is 0 Å². The van der Waals surface area contributed by atoms with Crippen molar-refractivity contribution in [3.8, 4) is 0 Å². The number of carbonyl (C=O) groups is 2. The summed E-state index contributed by atoms with van der Waals surface area (Å²) < 4.78 is 9.43. The van der Waals surface area contributed by atoms with Gasteiger partial charge in [0, 0.05) is 26.7 Å². The van der Waals surface area contributed by atoms with Crippen LogP contribution in [0.4, 0.5) is 5.69 Å². The summed E-state index contributed by atoms with van der Waals surface area (Å²) >= 11 is 0. The number of aliphatic hydroxyl groups is 1. The number of rotatable bonds is 5. The highest BCUT2D eigenvalue weighted by molar-refractivity contribution is 5.93. The second-order valence-electron chi connectivity index (χ2n) is 4.54. The Hall–Kier alpha value is -2.08. The van der Waals surface area contributed by atoms with Crippen LogP contribution in [-0.2, 0) is 14.3 Å². The molecule has 0 aromatic heterocycles. The fourth-order valence-electron chi connectivity index (χ4n) is 1.46. The summed E-state index contributed by atoms with van der Waals surface area (Å²) in [6.45, 7) is 2.75. The van der Waals surface area contributed by atoms with Gasteiger partial charge in [-0.05, 0) is 25.1 Å². The molecule has 0 radical (unpaired) electrons. The molecular weight excluding hydrogens is 262 g/mol. The highest BCUT2D eigenvalue weighted by atomic mass is 16.7. The first-order chi connectivity index (χ1) is 9.27. The van der Waals surface area contributed by atoms with Gasteiger partial charge in [-0.1, -0.05) is 6.07 Å². The van der Waals surface area contributed by atoms with Gasteiger partial charge in [-0.15, -0.1) is 0 Å². The van der Waals surface area contributed by atoms with E-state index >= 15 is 0 Å². The molecule has 0 unspecified atom stereocenters. The van der Waals surface area contributed by atoms with E-state index in [0.717, 1.165) is 12.6 Å². The second kappa shape index (κ2) is 6.38. The number of nitrogens with zero attached hydrogens (tertiary/aromatic N) is 1. The van der Waals surface area contributed by atoms with Crippen molar-refractivity contribution >= 4 is 17.6 Å². The molecule has 0 aliphatic carbocycles. The zero-order valence-electron chi connectivity index (χ0n) is 12.0. The van der Waals surface area contributed by atoms with Crippen molar-refractivity contribution in [3.05, 3.63) is 29.8 Å². The summed E-state index contributed by atoms with van der Waals surface area (Å²) in [5, 5.41) is 9.80. The van der Waals surface area contributed by atoms with E-state index in [1.165, 1.54) is 6.07 Å². The molecule has 0 saturated carbocycles. The minimum Gasteiger partial charge on any atom is -0.461 e. The van der Waals surface area contributed by atoms with Crippen LogP contribution in [0.2, 0.25) is 0 Å². The van der Waals surface area contributed by atoms with Gasteiger partial charge in [-0.3, -0.25) is 0 Å². The van der Waals surface area contributed by atoms with Crippen LogP contribution in [0.5, 0.6) is 0 Å². The van der Waals surface area contributed by atoms with Gasteiger partial charge in [0.15, 0.2) is 0 Å². The van der Waals surface area contributed by atoms with Gasteiger partial charge < -0.3 is 19.5 Å². The summed E-state index contributed by atoms with van der Waals surface area (Å²) in [6.07, 6.45) is 0. The van der Waals surface area contributed by atoms with Crippen molar-refractivity contribution < 1.29 is 24.2 Å². The molecule has 1 rings (SSSR count). The van der Waals surface area contributed by atoms with Crippen LogP contribution in [0.25, 0.3) is 0 Å². The Morgan fingerprint density at radius 1 is 1.35 bits per heavy atom. The first-order valence-electron chi connectivity index (χ1n) is 6.18. The molecule has 6 heteroatoms. The quantitative estimate of drug-likeness (QED) is 0.645. The molecule has 1 aromatic rings. The van der Waals surface area contributed by atoms with E-state index < -0.39 is 17.7 Å². The fraction of sp³-hybridized carbons (Fsp3) is 0.429. The van der Waals surface area contributed by atoms with E-state index in [0.29, 0.717) is 0 Å². The van der Waals surface area contributed by atoms with Crippen molar-refractivity contribution in [2.45, 2.75) is 19.6 Å². The summed E-state index contributed by atoms with van der Waals surface area (Å²) in [6, 6.07) is 6.64. The lowest BCUT2D eigenvalue weighted by Gasteiger charge is -2.21. The molecule has 0 heterocycles. The van der Waals surface area contributed by atoms with E-state index in [9.17, 15) is 14.7 Å². The molecule has 110 valence electrons. The number of ether oxygens (including phenoxy) is 2. The van der Waals surface area contributed by atoms with Gasteiger partial charge >= 0.3 is 17.7 Å². The van der Waals surface area contributed by atoms with Crippen LogP contribution in [0.1, 0.15) is 24.2 Å². The van der Waals surface area contributed by atoms with Gasteiger partial charge in [0.1, 0.15) is 0 Å². The smallest absolute Gasteiger partial charge is 0.379 e. The van der Waals surface area contributed by atoms with Gasteiger partial charge in [-0.25, -0.2) is 9.59 Å². The molecular formula is C14H19NO5. The van der Waals surface area contributed by atoms with E-state index in [1.54, 1.807) is 19.1 Å². The molecule has 0 aliphatic rings. The van der Waals surface area contributed by atoms with Crippen LogP contribution < -0.4 is 4.90 Å². The Morgan fingerprint density at radius 3 is 2.55 bits per heavy atom. The normalized spacial score (nSPS) is 13.2. The topological polar surface area (TPSA) is 76.1 Å². The van der Waals surface area contributed by atoms with Crippen molar-refractivity contribution in [3.63, 3.8) is 0 Å². The van der Waals surface area contributed by atoms with Crippen molar-refractivity contribution in [1.29, 1.82) is 0 Å². The number of hydrogen-bond donors (Lipinski definition) is 1. The zero-order chi connectivity index (χ0) is 15.3. The van der Waals surface area contributed by atoms with E-state index in [2.05, 4.69) is 4.74 Å². The minimum absolute atomic E-state index is 0.0860. The lowest BCUT2D eigenvalue weighted by atomic mass is 10.2. The molecule has 1 N–H and O–H groups in total. The average Bonchev–Trinajstić information content (AvgIpc) is 2.38. The zero-order valence-corrected chi connectivity index (χ0v) is 12.0. The van der Waals surface area contributed by atoms with E-state index in [1.807, 2.05) is 25.1 Å². The van der Waals surface area contributed by atoms with E-state index in [-0.39, 0.29) is 12.2 Å². The van der Waals surface area contributed by atoms with Gasteiger partial charge in [0.05, 0.1) is 12.2 Å². The van der Waals surface area contributed by atoms with Gasteiger partial charge in [-0.2, -0.15) is 0 Å². The lowest BCUT2D eigenvalue weighted by Crippen LogP contribution is -2.41. The van der Waals surface area contributed by atoms with Crippen LogP contribution in [0.3, 0.4) is 0 Å². The number of esters is 2. The maximum atomic E-state index is 11.9. The maximum absolute atomic E-state index is 11.9. The van der Waals surface area contributed by atoms with Crippen LogP contribution in [-0.4, -0.2) is 43.5 Å². The molecule has 0 bridgehead atoms. The van der Waals surface area contributed by atoms with Crippen LogP contribution in [0.15, 0.2) is 24.3 Å². The number of benzene rings is 1. The number of carbonyl (C=O) groups excluding carboxylic acids is 2. The van der Waals surface area contributed by atoms with Gasteiger partial charge in [0.25, 0.3) is 0 Å². The fourth-order valence-corrected chi connectivity index (χ4v) is 1.46. The first kappa shape index (κ1) is 16.0.